The summed E-state index contributed by atoms with van der Waals surface area (Å²) in [5.74, 6) is 0.0884. The van der Waals surface area contributed by atoms with Crippen LogP contribution in [-0.4, -0.2) is 52.3 Å². The zero-order chi connectivity index (χ0) is 14.6. The van der Waals surface area contributed by atoms with E-state index in [4.69, 9.17) is 4.74 Å². The summed E-state index contributed by atoms with van der Waals surface area (Å²) in [5, 5.41) is 9.26. The van der Waals surface area contributed by atoms with E-state index in [0.717, 1.165) is 5.69 Å². The number of aliphatic hydroxyl groups is 1. The number of nitrogens with zero attached hydrogens (tertiary/aromatic N) is 2. The molecule has 5 heteroatoms. The Balaban J connectivity index is 1.91. The Morgan fingerprint density at radius 3 is 3.00 bits per heavy atom. The number of pyridine rings is 1. The van der Waals surface area contributed by atoms with Crippen molar-refractivity contribution in [3.05, 3.63) is 30.1 Å². The first-order chi connectivity index (χ1) is 9.50. The monoisotopic (exact) mass is 278 g/mol. The van der Waals surface area contributed by atoms with Crippen molar-refractivity contribution < 1.29 is 14.6 Å². The lowest BCUT2D eigenvalue weighted by Crippen LogP contribution is -2.55. The fourth-order valence-electron chi connectivity index (χ4n) is 2.52. The van der Waals surface area contributed by atoms with Gasteiger partial charge in [-0.05, 0) is 32.4 Å². The first-order valence-corrected chi connectivity index (χ1v) is 6.96. The summed E-state index contributed by atoms with van der Waals surface area (Å²) in [6.07, 6.45) is 2.52. The van der Waals surface area contributed by atoms with Crippen LogP contribution in [0.3, 0.4) is 0 Å². The van der Waals surface area contributed by atoms with Crippen molar-refractivity contribution in [1.29, 1.82) is 0 Å². The van der Waals surface area contributed by atoms with E-state index in [1.807, 2.05) is 32.0 Å². The second-order valence-corrected chi connectivity index (χ2v) is 5.78. The standard InChI is InChI=1S/C15H22N2O3/c1-15(2)11-17(9-13(10-18)20-15)14(19)7-6-12-5-3-4-8-16-12/h3-5,8,13,18H,6-7,9-11H2,1-2H3. The van der Waals surface area contributed by atoms with Gasteiger partial charge in [-0.15, -0.1) is 0 Å². The molecule has 1 atom stereocenters. The van der Waals surface area contributed by atoms with Gasteiger partial charge in [0.15, 0.2) is 0 Å². The van der Waals surface area contributed by atoms with Crippen molar-refractivity contribution in [3.8, 4) is 0 Å². The third-order valence-electron chi connectivity index (χ3n) is 3.36. The van der Waals surface area contributed by atoms with Crippen LogP contribution in [0, 0.1) is 0 Å². The summed E-state index contributed by atoms with van der Waals surface area (Å²) in [4.78, 5) is 18.3. The van der Waals surface area contributed by atoms with Crippen LogP contribution in [0.4, 0.5) is 0 Å². The number of aliphatic hydroxyl groups excluding tert-OH is 1. The van der Waals surface area contributed by atoms with E-state index in [-0.39, 0.29) is 18.6 Å². The van der Waals surface area contributed by atoms with Gasteiger partial charge in [-0.2, -0.15) is 0 Å². The van der Waals surface area contributed by atoms with Gasteiger partial charge in [-0.1, -0.05) is 6.07 Å². The Morgan fingerprint density at radius 2 is 2.35 bits per heavy atom. The van der Waals surface area contributed by atoms with E-state index >= 15 is 0 Å². The maximum absolute atomic E-state index is 12.3. The van der Waals surface area contributed by atoms with Crippen molar-refractivity contribution in [2.75, 3.05) is 19.7 Å². The lowest BCUT2D eigenvalue weighted by atomic mass is 10.0. The van der Waals surface area contributed by atoms with Crippen molar-refractivity contribution in [3.63, 3.8) is 0 Å². The minimum absolute atomic E-state index is 0.0621. The number of aromatic nitrogens is 1. The summed E-state index contributed by atoms with van der Waals surface area (Å²) in [6, 6.07) is 5.71. The summed E-state index contributed by atoms with van der Waals surface area (Å²) < 4.78 is 5.71. The molecule has 0 aliphatic carbocycles. The van der Waals surface area contributed by atoms with Gasteiger partial charge >= 0.3 is 0 Å². The highest BCUT2D eigenvalue weighted by molar-refractivity contribution is 5.76. The molecular formula is C15H22N2O3. The van der Waals surface area contributed by atoms with E-state index in [1.165, 1.54) is 0 Å². The molecule has 0 saturated carbocycles. The second-order valence-electron chi connectivity index (χ2n) is 5.78. The number of hydrogen-bond acceptors (Lipinski definition) is 4. The van der Waals surface area contributed by atoms with Gasteiger partial charge in [-0.25, -0.2) is 0 Å². The zero-order valence-electron chi connectivity index (χ0n) is 12.1. The summed E-state index contributed by atoms with van der Waals surface area (Å²) >= 11 is 0. The molecule has 1 amide bonds. The number of carbonyl (C=O) groups excluding carboxylic acids is 1. The van der Waals surface area contributed by atoms with Crippen molar-refractivity contribution in [1.82, 2.24) is 9.88 Å². The van der Waals surface area contributed by atoms with E-state index in [1.54, 1.807) is 11.1 Å². The minimum Gasteiger partial charge on any atom is -0.394 e. The molecule has 2 heterocycles. The van der Waals surface area contributed by atoms with Crippen LogP contribution in [0.1, 0.15) is 26.0 Å². The van der Waals surface area contributed by atoms with E-state index in [0.29, 0.717) is 25.9 Å². The highest BCUT2D eigenvalue weighted by Crippen LogP contribution is 2.21. The Hall–Kier alpha value is -1.46. The van der Waals surface area contributed by atoms with Crippen LogP contribution in [0.25, 0.3) is 0 Å². The van der Waals surface area contributed by atoms with Crippen LogP contribution >= 0.6 is 0 Å². The number of rotatable bonds is 4. The van der Waals surface area contributed by atoms with Gasteiger partial charge < -0.3 is 14.7 Å². The Labute approximate surface area is 119 Å². The molecular weight excluding hydrogens is 256 g/mol. The SMILES string of the molecule is CC1(C)CN(C(=O)CCc2ccccn2)CC(CO)O1. The maximum Gasteiger partial charge on any atom is 0.223 e. The molecule has 1 aromatic heterocycles. The van der Waals surface area contributed by atoms with E-state index < -0.39 is 5.60 Å². The highest BCUT2D eigenvalue weighted by Gasteiger charge is 2.34. The molecule has 1 aliphatic heterocycles. The molecule has 1 saturated heterocycles. The first kappa shape index (κ1) is 14.9. The van der Waals surface area contributed by atoms with Crippen LogP contribution < -0.4 is 0 Å². The third-order valence-corrected chi connectivity index (χ3v) is 3.36. The zero-order valence-corrected chi connectivity index (χ0v) is 12.1. The van der Waals surface area contributed by atoms with Crippen LogP contribution in [0.2, 0.25) is 0 Å². The third kappa shape index (κ3) is 4.02. The van der Waals surface area contributed by atoms with Gasteiger partial charge in [0.1, 0.15) is 0 Å². The average molecular weight is 278 g/mol. The molecule has 2 rings (SSSR count). The number of carbonyl (C=O) groups is 1. The number of hydrogen-bond donors (Lipinski definition) is 1. The molecule has 0 bridgehead atoms. The molecule has 110 valence electrons. The van der Waals surface area contributed by atoms with Gasteiger partial charge in [0.2, 0.25) is 5.91 Å². The molecule has 1 aliphatic rings. The van der Waals surface area contributed by atoms with E-state index in [9.17, 15) is 9.90 Å². The molecule has 1 fully saturated rings. The molecule has 1 unspecified atom stereocenters. The summed E-state index contributed by atoms with van der Waals surface area (Å²) in [6.45, 7) is 4.83. The van der Waals surface area contributed by atoms with Crippen molar-refractivity contribution in [2.24, 2.45) is 0 Å². The lowest BCUT2D eigenvalue weighted by Gasteiger charge is -2.42. The highest BCUT2D eigenvalue weighted by atomic mass is 16.5. The molecule has 1 aromatic rings. The largest absolute Gasteiger partial charge is 0.394 e. The molecule has 0 aromatic carbocycles. The number of ether oxygens (including phenoxy) is 1. The Bertz CT molecular complexity index is 448. The van der Waals surface area contributed by atoms with Crippen molar-refractivity contribution >= 4 is 5.91 Å². The summed E-state index contributed by atoms with van der Waals surface area (Å²) in [5.41, 5.74) is 0.513. The Kier molecular flexibility index (Phi) is 4.73. The smallest absolute Gasteiger partial charge is 0.223 e. The minimum atomic E-state index is -0.410. The fraction of sp³-hybridized carbons (Fsp3) is 0.600. The predicted molar refractivity (Wildman–Crippen MR) is 75.2 cm³/mol. The van der Waals surface area contributed by atoms with Gasteiger partial charge in [0.05, 0.1) is 18.3 Å². The van der Waals surface area contributed by atoms with Gasteiger partial charge in [0, 0.05) is 31.4 Å². The van der Waals surface area contributed by atoms with Crippen LogP contribution in [-0.2, 0) is 16.0 Å². The second kappa shape index (κ2) is 6.33. The maximum atomic E-state index is 12.3. The first-order valence-electron chi connectivity index (χ1n) is 6.96. The number of morpholine rings is 1. The van der Waals surface area contributed by atoms with Gasteiger partial charge in [-0.3, -0.25) is 9.78 Å². The quantitative estimate of drug-likeness (QED) is 0.893. The number of aryl methyl sites for hydroxylation is 1. The lowest BCUT2D eigenvalue weighted by molar-refractivity contribution is -0.166. The molecule has 20 heavy (non-hydrogen) atoms. The van der Waals surface area contributed by atoms with Crippen LogP contribution in [0.15, 0.2) is 24.4 Å². The summed E-state index contributed by atoms with van der Waals surface area (Å²) in [7, 11) is 0. The topological polar surface area (TPSA) is 62.7 Å². The molecule has 0 radical (unpaired) electrons. The normalized spacial score (nSPS) is 21.8. The molecule has 0 spiro atoms. The Morgan fingerprint density at radius 1 is 1.55 bits per heavy atom. The predicted octanol–water partition coefficient (Wildman–Crippen LogP) is 1.01. The fourth-order valence-corrected chi connectivity index (χ4v) is 2.52. The average Bonchev–Trinajstić information content (AvgIpc) is 2.44. The van der Waals surface area contributed by atoms with Crippen molar-refractivity contribution in [2.45, 2.75) is 38.4 Å². The molecule has 1 N–H and O–H groups in total. The molecule has 5 nitrogen and oxygen atoms in total. The van der Waals surface area contributed by atoms with E-state index in [2.05, 4.69) is 4.98 Å². The van der Waals surface area contributed by atoms with Crippen LogP contribution in [0.5, 0.6) is 0 Å². The van der Waals surface area contributed by atoms with Gasteiger partial charge in [0.25, 0.3) is 0 Å². The number of amides is 1.